The first-order valence-corrected chi connectivity index (χ1v) is 9.36. The minimum atomic E-state index is 0.222. The van der Waals surface area contributed by atoms with Crippen molar-refractivity contribution in [2.45, 2.75) is 51.6 Å². The van der Waals surface area contributed by atoms with Crippen molar-refractivity contribution in [2.75, 3.05) is 13.1 Å². The number of fused-ring (bicyclic) bond motifs is 1. The van der Waals surface area contributed by atoms with Crippen molar-refractivity contribution in [1.29, 1.82) is 0 Å². The van der Waals surface area contributed by atoms with E-state index in [4.69, 9.17) is 0 Å². The van der Waals surface area contributed by atoms with Crippen LogP contribution in [-0.4, -0.2) is 41.0 Å². The summed E-state index contributed by atoms with van der Waals surface area (Å²) in [6.45, 7) is 6.16. The summed E-state index contributed by atoms with van der Waals surface area (Å²) in [6.07, 6.45) is 4.47. The van der Waals surface area contributed by atoms with E-state index in [1.807, 2.05) is 6.92 Å². The molecule has 4 rings (SSSR count). The highest BCUT2D eigenvalue weighted by molar-refractivity contribution is 7.20. The summed E-state index contributed by atoms with van der Waals surface area (Å²) < 4.78 is 0. The Labute approximate surface area is 140 Å². The molecule has 0 aromatic carbocycles. The summed E-state index contributed by atoms with van der Waals surface area (Å²) >= 11 is 1.55. The fourth-order valence-electron chi connectivity index (χ4n) is 3.63. The number of pyridine rings is 1. The zero-order valence-corrected chi connectivity index (χ0v) is 14.6. The van der Waals surface area contributed by atoms with Crippen molar-refractivity contribution < 1.29 is 4.79 Å². The molecule has 122 valence electrons. The highest BCUT2D eigenvalue weighted by Crippen LogP contribution is 2.35. The van der Waals surface area contributed by atoms with Crippen LogP contribution in [0.2, 0.25) is 0 Å². The number of carbonyl (C=O) groups excluding carboxylic acids is 1. The monoisotopic (exact) mass is 329 g/mol. The van der Waals surface area contributed by atoms with Gasteiger partial charge in [0.15, 0.2) is 0 Å². The van der Waals surface area contributed by atoms with Crippen LogP contribution in [0.5, 0.6) is 0 Å². The summed E-state index contributed by atoms with van der Waals surface area (Å²) in [5.74, 6) is 0.222. The highest BCUT2D eigenvalue weighted by atomic mass is 32.1. The predicted octanol–water partition coefficient (Wildman–Crippen LogP) is 3.27. The second-order valence-corrected chi connectivity index (χ2v) is 7.87. The molecule has 1 saturated heterocycles. The van der Waals surface area contributed by atoms with Gasteiger partial charge in [0.1, 0.15) is 4.83 Å². The standard InChI is InChI=1S/C18H23N3OS/c1-11-9-12(2)20-17-15(11)10-16(23-17)18(22)21(13-3-4-13)14-5-7-19-8-6-14/h9-10,13-14,19H,3-8H2,1-2H3. The Morgan fingerprint density at radius 2 is 1.87 bits per heavy atom. The number of thiophene rings is 1. The third kappa shape index (κ3) is 2.88. The van der Waals surface area contributed by atoms with E-state index in [9.17, 15) is 4.79 Å². The maximum atomic E-state index is 13.2. The first-order valence-electron chi connectivity index (χ1n) is 8.54. The Bertz CT molecular complexity index is 744. The number of nitrogens with one attached hydrogen (secondary N) is 1. The molecule has 0 bridgehead atoms. The van der Waals surface area contributed by atoms with Crippen molar-refractivity contribution in [1.82, 2.24) is 15.2 Å². The molecule has 2 aromatic rings. The molecule has 0 atom stereocenters. The zero-order chi connectivity index (χ0) is 16.0. The fraction of sp³-hybridized carbons (Fsp3) is 0.556. The molecule has 2 aromatic heterocycles. The average Bonchev–Trinajstić information content (AvgIpc) is 3.26. The number of hydrogen-bond acceptors (Lipinski definition) is 4. The van der Waals surface area contributed by atoms with Crippen LogP contribution in [0.25, 0.3) is 10.2 Å². The lowest BCUT2D eigenvalue weighted by molar-refractivity contribution is 0.0628. The quantitative estimate of drug-likeness (QED) is 0.940. The maximum absolute atomic E-state index is 13.2. The van der Waals surface area contributed by atoms with Gasteiger partial charge in [-0.25, -0.2) is 4.98 Å². The van der Waals surface area contributed by atoms with Gasteiger partial charge in [-0.2, -0.15) is 0 Å². The van der Waals surface area contributed by atoms with Gasteiger partial charge in [0.2, 0.25) is 0 Å². The second kappa shape index (κ2) is 5.87. The summed E-state index contributed by atoms with van der Waals surface area (Å²) in [7, 11) is 0. The van der Waals surface area contributed by atoms with Crippen molar-refractivity contribution in [3.8, 4) is 0 Å². The molecule has 1 N–H and O–H groups in total. The van der Waals surface area contributed by atoms with Crippen molar-refractivity contribution in [3.05, 3.63) is 28.3 Å². The normalized spacial score (nSPS) is 19.2. The second-order valence-electron chi connectivity index (χ2n) is 6.83. The SMILES string of the molecule is Cc1cc(C)c2cc(C(=O)N(C3CCNCC3)C3CC3)sc2n1. The van der Waals surface area contributed by atoms with Gasteiger partial charge in [0.25, 0.3) is 5.91 Å². The van der Waals surface area contributed by atoms with E-state index < -0.39 is 0 Å². The number of aryl methyl sites for hydroxylation is 2. The Morgan fingerprint density at radius 1 is 1.17 bits per heavy atom. The van der Waals surface area contributed by atoms with Gasteiger partial charge in [-0.1, -0.05) is 0 Å². The molecule has 1 amide bonds. The minimum Gasteiger partial charge on any atom is -0.332 e. The maximum Gasteiger partial charge on any atom is 0.264 e. The summed E-state index contributed by atoms with van der Waals surface area (Å²) in [5.41, 5.74) is 2.23. The Balaban J connectivity index is 1.67. The van der Waals surface area contributed by atoms with Crippen molar-refractivity contribution in [3.63, 3.8) is 0 Å². The largest absolute Gasteiger partial charge is 0.332 e. The van der Waals surface area contributed by atoms with Crippen LogP contribution in [0.3, 0.4) is 0 Å². The Morgan fingerprint density at radius 3 is 2.57 bits per heavy atom. The number of carbonyl (C=O) groups is 1. The third-order valence-electron chi connectivity index (χ3n) is 4.93. The Kier molecular flexibility index (Phi) is 3.85. The number of piperidine rings is 1. The van der Waals surface area contributed by atoms with Crippen LogP contribution in [0.15, 0.2) is 12.1 Å². The summed E-state index contributed by atoms with van der Waals surface area (Å²) in [4.78, 5) is 21.8. The molecule has 23 heavy (non-hydrogen) atoms. The van der Waals surface area contributed by atoms with Crippen LogP contribution >= 0.6 is 11.3 Å². The number of rotatable bonds is 3. The van der Waals surface area contributed by atoms with Crippen molar-refractivity contribution >= 4 is 27.5 Å². The van der Waals surface area contributed by atoms with E-state index >= 15 is 0 Å². The molecular formula is C18H23N3OS. The first-order chi connectivity index (χ1) is 11.1. The molecule has 4 nitrogen and oxygen atoms in total. The number of hydrogen-bond donors (Lipinski definition) is 1. The molecule has 0 spiro atoms. The molecule has 0 radical (unpaired) electrons. The van der Waals surface area contributed by atoms with E-state index in [2.05, 4.69) is 34.3 Å². The van der Waals surface area contributed by atoms with E-state index in [0.717, 1.165) is 59.6 Å². The van der Waals surface area contributed by atoms with E-state index in [1.54, 1.807) is 11.3 Å². The first kappa shape index (κ1) is 15.1. The van der Waals surface area contributed by atoms with Gasteiger partial charge >= 0.3 is 0 Å². The predicted molar refractivity (Wildman–Crippen MR) is 94.2 cm³/mol. The number of amides is 1. The summed E-state index contributed by atoms with van der Waals surface area (Å²) in [5, 5.41) is 4.53. The van der Waals surface area contributed by atoms with Gasteiger partial charge in [-0.05, 0) is 70.3 Å². The van der Waals surface area contributed by atoms with Gasteiger partial charge in [-0.15, -0.1) is 11.3 Å². The third-order valence-corrected chi connectivity index (χ3v) is 5.95. The summed E-state index contributed by atoms with van der Waals surface area (Å²) in [6, 6.07) is 5.01. The minimum absolute atomic E-state index is 0.222. The molecular weight excluding hydrogens is 306 g/mol. The average molecular weight is 329 g/mol. The molecule has 1 aliphatic carbocycles. The molecule has 3 heterocycles. The molecule has 1 saturated carbocycles. The van der Waals surface area contributed by atoms with Crippen LogP contribution in [0.4, 0.5) is 0 Å². The van der Waals surface area contributed by atoms with Crippen LogP contribution in [-0.2, 0) is 0 Å². The molecule has 5 heteroatoms. The smallest absolute Gasteiger partial charge is 0.264 e. The van der Waals surface area contributed by atoms with Crippen LogP contribution in [0.1, 0.15) is 46.6 Å². The number of aromatic nitrogens is 1. The highest BCUT2D eigenvalue weighted by Gasteiger charge is 2.38. The Hall–Kier alpha value is -1.46. The van der Waals surface area contributed by atoms with Gasteiger partial charge in [0.05, 0.1) is 4.88 Å². The van der Waals surface area contributed by atoms with Gasteiger partial charge < -0.3 is 10.2 Å². The fourth-order valence-corrected chi connectivity index (χ4v) is 4.73. The molecule has 0 unspecified atom stereocenters. The van der Waals surface area contributed by atoms with Crippen LogP contribution < -0.4 is 5.32 Å². The van der Waals surface area contributed by atoms with E-state index in [0.29, 0.717) is 12.1 Å². The molecule has 2 fully saturated rings. The lowest BCUT2D eigenvalue weighted by Gasteiger charge is -2.34. The topological polar surface area (TPSA) is 45.2 Å². The van der Waals surface area contributed by atoms with Crippen LogP contribution in [0, 0.1) is 13.8 Å². The van der Waals surface area contributed by atoms with E-state index in [1.165, 1.54) is 5.56 Å². The molecule has 1 aliphatic heterocycles. The lowest BCUT2D eigenvalue weighted by atomic mass is 10.0. The van der Waals surface area contributed by atoms with Crippen molar-refractivity contribution in [2.24, 2.45) is 0 Å². The van der Waals surface area contributed by atoms with E-state index in [-0.39, 0.29) is 5.91 Å². The van der Waals surface area contributed by atoms with Gasteiger partial charge in [-0.3, -0.25) is 4.79 Å². The lowest BCUT2D eigenvalue weighted by Crippen LogP contribution is -2.47. The van der Waals surface area contributed by atoms with Gasteiger partial charge in [0, 0.05) is 23.2 Å². The molecule has 2 aliphatic rings. The number of nitrogens with zero attached hydrogens (tertiary/aromatic N) is 2. The zero-order valence-electron chi connectivity index (χ0n) is 13.8.